The molecule has 2 aliphatic rings. The number of Topliss-reactive ketones (excluding diaryl/α,β-unsaturated/α-hetero) is 1. The Balaban J connectivity index is 1.61. The standard InChI is InChI=1S/C24H29N5O2S/c1-15-6-8-21(18-4-3-5-19(25)16(18)2)28-24(23(15)30)27-17-7-9-22(20(26)14-17)29-10-12-32(31)13-11-29/h3-5,7-9,14-15H,6,10-13,25-26H2,1-2H3,(H,27,28)/t15-/m0/s1. The van der Waals surface area contributed by atoms with E-state index in [0.29, 0.717) is 40.8 Å². The van der Waals surface area contributed by atoms with Crippen molar-refractivity contribution in [2.24, 2.45) is 10.9 Å². The average Bonchev–Trinajstić information content (AvgIpc) is 2.90. The maximum Gasteiger partial charge on any atom is 0.201 e. The Kier molecular flexibility index (Phi) is 6.32. The number of allylic oxidation sites excluding steroid dienone is 1. The van der Waals surface area contributed by atoms with E-state index >= 15 is 0 Å². The Morgan fingerprint density at radius 3 is 2.59 bits per heavy atom. The van der Waals surface area contributed by atoms with Crippen LogP contribution in [-0.4, -0.2) is 40.4 Å². The highest BCUT2D eigenvalue weighted by molar-refractivity contribution is 7.85. The summed E-state index contributed by atoms with van der Waals surface area (Å²) in [7, 11) is -0.744. The molecule has 1 fully saturated rings. The van der Waals surface area contributed by atoms with Crippen LogP contribution in [0.3, 0.4) is 0 Å². The number of carbonyl (C=O) groups excluding carboxylic acids is 1. The van der Waals surface area contributed by atoms with Crippen molar-refractivity contribution < 1.29 is 9.00 Å². The molecule has 8 heteroatoms. The third-order valence-electron chi connectivity index (χ3n) is 6.04. The van der Waals surface area contributed by atoms with Crippen LogP contribution >= 0.6 is 0 Å². The summed E-state index contributed by atoms with van der Waals surface area (Å²) >= 11 is 0. The quantitative estimate of drug-likeness (QED) is 0.618. The first-order chi connectivity index (χ1) is 15.3. The number of carbonyl (C=O) groups is 1. The first-order valence-electron chi connectivity index (χ1n) is 10.8. The number of nitrogens with zero attached hydrogens (tertiary/aromatic N) is 2. The fourth-order valence-corrected chi connectivity index (χ4v) is 5.03. The molecule has 0 bridgehead atoms. The van der Waals surface area contributed by atoms with Crippen LogP contribution < -0.4 is 21.7 Å². The van der Waals surface area contributed by atoms with Gasteiger partial charge in [-0.1, -0.05) is 25.1 Å². The third kappa shape index (κ3) is 4.55. The van der Waals surface area contributed by atoms with Crippen molar-refractivity contribution in [1.29, 1.82) is 0 Å². The molecule has 2 aliphatic heterocycles. The molecule has 168 valence electrons. The molecule has 32 heavy (non-hydrogen) atoms. The molecule has 5 N–H and O–H groups in total. The second-order valence-electron chi connectivity index (χ2n) is 8.30. The van der Waals surface area contributed by atoms with E-state index in [9.17, 15) is 9.00 Å². The van der Waals surface area contributed by atoms with Crippen molar-refractivity contribution in [3.63, 3.8) is 0 Å². The van der Waals surface area contributed by atoms with Crippen LogP contribution in [0.1, 0.15) is 24.5 Å². The maximum atomic E-state index is 13.0. The van der Waals surface area contributed by atoms with Gasteiger partial charge in [0.1, 0.15) is 0 Å². The van der Waals surface area contributed by atoms with Crippen LogP contribution in [0.15, 0.2) is 47.5 Å². The highest BCUT2D eigenvalue weighted by Gasteiger charge is 2.24. The number of benzene rings is 2. The summed E-state index contributed by atoms with van der Waals surface area (Å²) in [6.07, 6.45) is 2.60. The van der Waals surface area contributed by atoms with Crippen molar-refractivity contribution >= 4 is 50.9 Å². The first kappa shape index (κ1) is 22.1. The van der Waals surface area contributed by atoms with Crippen molar-refractivity contribution in [2.45, 2.75) is 20.3 Å². The molecule has 1 atom stereocenters. The number of rotatable bonds is 3. The predicted octanol–water partition coefficient (Wildman–Crippen LogP) is 3.19. The van der Waals surface area contributed by atoms with Crippen molar-refractivity contribution in [1.82, 2.24) is 0 Å². The number of amidine groups is 1. The average molecular weight is 452 g/mol. The lowest BCUT2D eigenvalue weighted by atomic mass is 10.00. The number of hydrogen-bond acceptors (Lipinski definition) is 7. The molecule has 0 aliphatic carbocycles. The molecule has 0 amide bonds. The number of nitrogen functional groups attached to an aromatic ring is 2. The minimum atomic E-state index is -0.744. The number of ketones is 1. The predicted molar refractivity (Wildman–Crippen MR) is 134 cm³/mol. The monoisotopic (exact) mass is 451 g/mol. The van der Waals surface area contributed by atoms with Crippen molar-refractivity contribution in [3.05, 3.63) is 53.6 Å². The van der Waals surface area contributed by atoms with Gasteiger partial charge >= 0.3 is 0 Å². The van der Waals surface area contributed by atoms with Gasteiger partial charge in [0.2, 0.25) is 5.78 Å². The Morgan fingerprint density at radius 1 is 1.12 bits per heavy atom. The summed E-state index contributed by atoms with van der Waals surface area (Å²) < 4.78 is 11.6. The SMILES string of the molecule is Cc1c(N)cccc1C1=CC[C@H](C)C(=O)C(Nc2ccc(N3CCS(=O)CC3)c(N)c2)=N1. The van der Waals surface area contributed by atoms with Crippen LogP contribution in [0.2, 0.25) is 0 Å². The van der Waals surface area contributed by atoms with E-state index in [0.717, 1.165) is 35.6 Å². The Hall–Kier alpha value is -3.13. The minimum Gasteiger partial charge on any atom is -0.398 e. The number of anilines is 4. The molecule has 0 saturated carbocycles. The molecule has 2 aromatic rings. The Bertz CT molecular complexity index is 1130. The lowest BCUT2D eigenvalue weighted by Gasteiger charge is -2.29. The normalized spacial score (nSPS) is 19.9. The third-order valence-corrected chi connectivity index (χ3v) is 7.31. The van der Waals surface area contributed by atoms with E-state index in [1.54, 1.807) is 0 Å². The van der Waals surface area contributed by atoms with Gasteiger partial charge in [0.25, 0.3) is 0 Å². The van der Waals surface area contributed by atoms with Gasteiger partial charge < -0.3 is 21.7 Å². The zero-order valence-corrected chi connectivity index (χ0v) is 19.2. The summed E-state index contributed by atoms with van der Waals surface area (Å²) in [5.74, 6) is 1.37. The lowest BCUT2D eigenvalue weighted by molar-refractivity contribution is -0.115. The van der Waals surface area contributed by atoms with E-state index in [1.165, 1.54) is 0 Å². The Labute approximate surface area is 191 Å². The molecule has 1 saturated heterocycles. The van der Waals surface area contributed by atoms with Gasteiger partial charge in [-0.2, -0.15) is 0 Å². The number of aliphatic imine (C=N–C) groups is 1. The Morgan fingerprint density at radius 2 is 1.88 bits per heavy atom. The smallest absolute Gasteiger partial charge is 0.201 e. The van der Waals surface area contributed by atoms with E-state index in [-0.39, 0.29) is 11.7 Å². The summed E-state index contributed by atoms with van der Waals surface area (Å²) in [6, 6.07) is 11.4. The molecule has 7 nitrogen and oxygen atoms in total. The highest BCUT2D eigenvalue weighted by atomic mass is 32.2. The largest absolute Gasteiger partial charge is 0.398 e. The van der Waals surface area contributed by atoms with E-state index < -0.39 is 10.8 Å². The van der Waals surface area contributed by atoms with Gasteiger partial charge in [-0.15, -0.1) is 0 Å². The van der Waals surface area contributed by atoms with Gasteiger partial charge in [-0.05, 0) is 43.2 Å². The molecule has 0 spiro atoms. The number of nitrogens with two attached hydrogens (primary N) is 2. The summed E-state index contributed by atoms with van der Waals surface area (Å²) in [6.45, 7) is 5.31. The fourth-order valence-electron chi connectivity index (χ4n) is 3.98. The van der Waals surface area contributed by atoms with Gasteiger partial charge in [-0.3, -0.25) is 9.00 Å². The van der Waals surface area contributed by atoms with Gasteiger partial charge in [-0.25, -0.2) is 4.99 Å². The van der Waals surface area contributed by atoms with E-state index in [2.05, 4.69) is 10.2 Å². The van der Waals surface area contributed by atoms with E-state index in [4.69, 9.17) is 16.5 Å². The molecule has 2 aromatic carbocycles. The molecular weight excluding hydrogens is 422 g/mol. The van der Waals surface area contributed by atoms with Crippen molar-refractivity contribution in [2.75, 3.05) is 46.3 Å². The lowest BCUT2D eigenvalue weighted by Crippen LogP contribution is -2.38. The summed E-state index contributed by atoms with van der Waals surface area (Å²) in [5, 5.41) is 3.19. The summed E-state index contributed by atoms with van der Waals surface area (Å²) in [5.41, 5.74) is 18.0. The highest BCUT2D eigenvalue weighted by Crippen LogP contribution is 2.30. The van der Waals surface area contributed by atoms with Gasteiger partial charge in [0.15, 0.2) is 5.84 Å². The zero-order valence-electron chi connectivity index (χ0n) is 18.4. The first-order valence-corrected chi connectivity index (χ1v) is 12.3. The molecular formula is C24H29N5O2S. The molecule has 0 aromatic heterocycles. The van der Waals surface area contributed by atoms with Crippen LogP contribution in [0, 0.1) is 12.8 Å². The zero-order chi connectivity index (χ0) is 22.8. The second-order valence-corrected chi connectivity index (χ2v) is 10.0. The number of nitrogens with one attached hydrogen (secondary N) is 1. The molecule has 0 unspecified atom stereocenters. The summed E-state index contributed by atoms with van der Waals surface area (Å²) in [4.78, 5) is 19.8. The molecule has 0 radical (unpaired) electrons. The van der Waals surface area contributed by atoms with Gasteiger partial charge in [0, 0.05) is 58.3 Å². The van der Waals surface area contributed by atoms with Gasteiger partial charge in [0.05, 0.1) is 17.1 Å². The van der Waals surface area contributed by atoms with Crippen LogP contribution in [-0.2, 0) is 15.6 Å². The number of hydrogen-bond donors (Lipinski definition) is 3. The maximum absolute atomic E-state index is 13.0. The minimum absolute atomic E-state index is 0.0426. The topological polar surface area (TPSA) is 114 Å². The molecule has 2 heterocycles. The molecule has 4 rings (SSSR count). The van der Waals surface area contributed by atoms with E-state index in [1.807, 2.05) is 56.3 Å². The van der Waals surface area contributed by atoms with Crippen molar-refractivity contribution in [3.8, 4) is 0 Å². The van der Waals surface area contributed by atoms with Crippen LogP contribution in [0.5, 0.6) is 0 Å². The van der Waals surface area contributed by atoms with Crippen LogP contribution in [0.4, 0.5) is 22.7 Å². The van der Waals surface area contributed by atoms with Crippen LogP contribution in [0.25, 0.3) is 5.70 Å². The second kappa shape index (κ2) is 9.16. The fraction of sp³-hybridized carbons (Fsp3) is 0.333.